The Balaban J connectivity index is 1.66. The Morgan fingerprint density at radius 1 is 1.31 bits per heavy atom. The van der Waals surface area contributed by atoms with Gasteiger partial charge in [-0.2, -0.15) is 0 Å². The second-order valence-corrected chi connectivity index (χ2v) is 8.73. The average molecular weight is 411 g/mol. The quantitative estimate of drug-likeness (QED) is 0.439. The Labute approximate surface area is 165 Å². The number of rotatable bonds is 4. The largest absolute Gasteiger partial charge is 0.426 e. The van der Waals surface area contributed by atoms with E-state index in [9.17, 15) is 9.59 Å². The monoisotopic (exact) mass is 410 g/mol. The van der Waals surface area contributed by atoms with Gasteiger partial charge in [0.05, 0.1) is 10.8 Å². The van der Waals surface area contributed by atoms with Crippen molar-refractivity contribution in [1.29, 1.82) is 5.41 Å². The minimum Gasteiger partial charge on any atom is -0.426 e. The fourth-order valence-corrected chi connectivity index (χ4v) is 3.95. The van der Waals surface area contributed by atoms with Crippen LogP contribution in [0.25, 0.3) is 6.08 Å². The van der Waals surface area contributed by atoms with Crippen LogP contribution in [0.3, 0.4) is 0 Å². The van der Waals surface area contributed by atoms with Crippen molar-refractivity contribution in [2.45, 2.75) is 13.8 Å². The van der Waals surface area contributed by atoms with Crippen molar-refractivity contribution in [3.8, 4) is 5.75 Å². The third-order valence-electron chi connectivity index (χ3n) is 4.53. The molecule has 0 radical (unpaired) electrons. The minimum absolute atomic E-state index is 0.0442. The number of carbonyl (C=O) groups is 2. The van der Waals surface area contributed by atoms with Crippen molar-refractivity contribution in [2.75, 3.05) is 0 Å². The van der Waals surface area contributed by atoms with Gasteiger partial charge in [0, 0.05) is 0 Å². The molecule has 2 aliphatic rings. The fourth-order valence-electron chi connectivity index (χ4n) is 2.98. The fraction of sp³-hybridized carbons (Fsp3) is 0.278. The molecule has 2 atom stereocenters. The predicted molar refractivity (Wildman–Crippen MR) is 104 cm³/mol. The Morgan fingerprint density at radius 3 is 2.50 bits per heavy atom. The second kappa shape index (κ2) is 7.10. The van der Waals surface area contributed by atoms with E-state index in [0.29, 0.717) is 10.7 Å². The normalized spacial score (nSPS) is 25.0. The molecule has 1 amide bonds. The summed E-state index contributed by atoms with van der Waals surface area (Å²) >= 11 is 12.5. The van der Waals surface area contributed by atoms with Gasteiger partial charge in [0.25, 0.3) is 5.91 Å². The maximum absolute atomic E-state index is 12.4. The highest BCUT2D eigenvalue weighted by molar-refractivity contribution is 8.18. The molecule has 3 rings (SSSR count). The lowest BCUT2D eigenvalue weighted by atomic mass is 10.1. The second-order valence-electron chi connectivity index (χ2n) is 6.67. The summed E-state index contributed by atoms with van der Waals surface area (Å²) in [6, 6.07) is 6.83. The van der Waals surface area contributed by atoms with E-state index in [4.69, 9.17) is 33.3 Å². The van der Waals surface area contributed by atoms with E-state index in [1.807, 2.05) is 13.8 Å². The van der Waals surface area contributed by atoms with E-state index in [1.165, 1.54) is 0 Å². The molecule has 5 nitrogen and oxygen atoms in total. The number of amides is 1. The molecule has 26 heavy (non-hydrogen) atoms. The van der Waals surface area contributed by atoms with Crippen LogP contribution < -0.4 is 10.1 Å². The third-order valence-corrected chi connectivity index (χ3v) is 5.61. The van der Waals surface area contributed by atoms with Crippen LogP contribution in [-0.2, 0) is 9.59 Å². The third kappa shape index (κ3) is 3.98. The molecule has 0 spiro atoms. The Morgan fingerprint density at radius 2 is 1.96 bits per heavy atom. The number of hydrogen-bond donors (Lipinski definition) is 2. The van der Waals surface area contributed by atoms with Crippen LogP contribution in [0.4, 0.5) is 0 Å². The first kappa shape index (κ1) is 19.0. The minimum atomic E-state index is -0.323. The molecule has 1 saturated heterocycles. The molecule has 1 aliphatic carbocycles. The molecule has 1 heterocycles. The summed E-state index contributed by atoms with van der Waals surface area (Å²) in [6.45, 7) is 3.93. The number of esters is 1. The first-order valence-electron chi connectivity index (χ1n) is 7.82. The van der Waals surface area contributed by atoms with Gasteiger partial charge in [-0.1, -0.05) is 49.2 Å². The van der Waals surface area contributed by atoms with Crippen LogP contribution in [0, 0.1) is 22.7 Å². The molecule has 1 saturated carbocycles. The number of thioether (sulfide) groups is 1. The summed E-state index contributed by atoms with van der Waals surface area (Å²) in [6.07, 6.45) is 3.35. The highest BCUT2D eigenvalue weighted by atomic mass is 35.5. The number of allylic oxidation sites excluding steroid dienone is 1. The Bertz CT molecular complexity index is 842. The zero-order valence-corrected chi connectivity index (χ0v) is 16.3. The topological polar surface area (TPSA) is 79.2 Å². The first-order chi connectivity index (χ1) is 12.2. The molecule has 1 aromatic carbocycles. The number of benzene rings is 1. The van der Waals surface area contributed by atoms with Gasteiger partial charge in [0.1, 0.15) is 10.2 Å². The standard InChI is InChI=1S/C18H16Cl2N2O3S/c1-18(2)11(8-13(19)20)14(18)16(24)25-10-5-3-9(4-6-10)7-12-15(23)22-17(21)26-12/h3-8,11,14H,1-2H3,(H2,21,22,23). The lowest BCUT2D eigenvalue weighted by Crippen LogP contribution is -2.18. The molecule has 0 bridgehead atoms. The summed E-state index contributed by atoms with van der Waals surface area (Å²) in [5.41, 5.74) is 0.534. The van der Waals surface area contributed by atoms with Gasteiger partial charge in [0.15, 0.2) is 5.17 Å². The molecule has 1 aliphatic heterocycles. The van der Waals surface area contributed by atoms with Gasteiger partial charge in [-0.05, 0) is 52.9 Å². The van der Waals surface area contributed by atoms with E-state index < -0.39 is 0 Å². The number of nitrogens with one attached hydrogen (secondary N) is 2. The highest BCUT2D eigenvalue weighted by Crippen LogP contribution is 2.60. The van der Waals surface area contributed by atoms with Crippen molar-refractivity contribution >= 4 is 58.1 Å². The van der Waals surface area contributed by atoms with Gasteiger partial charge < -0.3 is 10.1 Å². The number of hydrogen-bond acceptors (Lipinski definition) is 5. The van der Waals surface area contributed by atoms with Crippen LogP contribution in [0.15, 0.2) is 39.7 Å². The van der Waals surface area contributed by atoms with Crippen LogP contribution in [0.2, 0.25) is 0 Å². The molecular weight excluding hydrogens is 395 g/mol. The predicted octanol–water partition coefficient (Wildman–Crippen LogP) is 4.32. The molecule has 136 valence electrons. The van der Waals surface area contributed by atoms with Crippen molar-refractivity contribution in [2.24, 2.45) is 17.3 Å². The lowest BCUT2D eigenvalue weighted by molar-refractivity contribution is -0.136. The maximum atomic E-state index is 12.4. The van der Waals surface area contributed by atoms with Crippen LogP contribution in [0.1, 0.15) is 19.4 Å². The van der Waals surface area contributed by atoms with Gasteiger partial charge in [-0.25, -0.2) is 0 Å². The Kier molecular flexibility index (Phi) is 5.19. The highest BCUT2D eigenvalue weighted by Gasteiger charge is 2.61. The number of amidine groups is 1. The summed E-state index contributed by atoms with van der Waals surface area (Å²) in [7, 11) is 0. The number of carbonyl (C=O) groups excluding carboxylic acids is 2. The van der Waals surface area contributed by atoms with Crippen LogP contribution in [0.5, 0.6) is 5.75 Å². The molecule has 1 aromatic rings. The summed E-state index contributed by atoms with van der Waals surface area (Å²) in [5.74, 6) is -0.519. The summed E-state index contributed by atoms with van der Waals surface area (Å²) in [5, 5.41) is 9.96. The maximum Gasteiger partial charge on any atom is 0.315 e. The molecule has 8 heteroatoms. The van der Waals surface area contributed by atoms with Crippen molar-refractivity contribution in [3.63, 3.8) is 0 Å². The van der Waals surface area contributed by atoms with Crippen molar-refractivity contribution in [3.05, 3.63) is 45.3 Å². The van der Waals surface area contributed by atoms with E-state index in [-0.39, 0.29) is 38.8 Å². The van der Waals surface area contributed by atoms with Crippen LogP contribution in [-0.4, -0.2) is 17.0 Å². The molecular formula is C18H16Cl2N2O3S. The van der Waals surface area contributed by atoms with Crippen molar-refractivity contribution < 1.29 is 14.3 Å². The van der Waals surface area contributed by atoms with Crippen molar-refractivity contribution in [1.82, 2.24) is 5.32 Å². The number of ether oxygens (including phenoxy) is 1. The zero-order chi connectivity index (χ0) is 19.1. The zero-order valence-electron chi connectivity index (χ0n) is 14.0. The molecule has 2 N–H and O–H groups in total. The van der Waals surface area contributed by atoms with Crippen LogP contribution >= 0.6 is 35.0 Å². The average Bonchev–Trinajstić information content (AvgIpc) is 2.91. The van der Waals surface area contributed by atoms with E-state index in [0.717, 1.165) is 17.3 Å². The number of halogens is 2. The SMILES string of the molecule is CC1(C)C(C=C(Cl)Cl)C1C(=O)Oc1ccc(C=C2SC(=N)NC2=O)cc1. The van der Waals surface area contributed by atoms with E-state index >= 15 is 0 Å². The van der Waals surface area contributed by atoms with Gasteiger partial charge >= 0.3 is 5.97 Å². The molecule has 2 unspecified atom stereocenters. The van der Waals surface area contributed by atoms with E-state index in [1.54, 1.807) is 36.4 Å². The van der Waals surface area contributed by atoms with E-state index in [2.05, 4.69) is 5.32 Å². The lowest BCUT2D eigenvalue weighted by Gasteiger charge is -2.05. The Hall–Kier alpha value is -1.76. The first-order valence-corrected chi connectivity index (χ1v) is 9.40. The van der Waals surface area contributed by atoms with Gasteiger partial charge in [0.2, 0.25) is 0 Å². The van der Waals surface area contributed by atoms with Gasteiger partial charge in [-0.15, -0.1) is 0 Å². The smallest absolute Gasteiger partial charge is 0.315 e. The summed E-state index contributed by atoms with van der Waals surface area (Å²) < 4.78 is 5.61. The molecule has 2 fully saturated rings. The summed E-state index contributed by atoms with van der Waals surface area (Å²) in [4.78, 5) is 24.5. The molecule has 0 aromatic heterocycles. The van der Waals surface area contributed by atoms with Gasteiger partial charge in [-0.3, -0.25) is 15.0 Å².